The van der Waals surface area contributed by atoms with E-state index in [2.05, 4.69) is 15.0 Å². The first-order valence-corrected chi connectivity index (χ1v) is 13.4. The van der Waals surface area contributed by atoms with Gasteiger partial charge in [-0.3, -0.25) is 14.0 Å². The molecule has 0 amide bonds. The fourth-order valence-corrected chi connectivity index (χ4v) is 4.51. The number of rotatable bonds is 10. The SMILES string of the molecule is CC(C)c1nc(Cl)c2nc(C(C)C)n(CCN(CCP(=O)(O)O)CP(=O)(O)O)c2n1. The van der Waals surface area contributed by atoms with Crippen LogP contribution in [0, 0.1) is 0 Å². The van der Waals surface area contributed by atoms with E-state index in [1.54, 1.807) is 0 Å². The van der Waals surface area contributed by atoms with Crippen LogP contribution in [0.25, 0.3) is 11.2 Å². The molecule has 0 atom stereocenters. The third-order valence-electron chi connectivity index (χ3n) is 4.36. The minimum Gasteiger partial charge on any atom is -0.324 e. The maximum atomic E-state index is 11.5. The lowest BCUT2D eigenvalue weighted by Crippen LogP contribution is -2.32. The number of fused-ring (bicyclic) bond motifs is 1. The zero-order valence-corrected chi connectivity index (χ0v) is 19.8. The topological polar surface area (TPSA) is 162 Å². The summed E-state index contributed by atoms with van der Waals surface area (Å²) in [5.74, 6) is 1.29. The van der Waals surface area contributed by atoms with Gasteiger partial charge in [-0.15, -0.1) is 0 Å². The Hall–Kier alpha value is -0.900. The van der Waals surface area contributed by atoms with E-state index in [1.807, 2.05) is 32.3 Å². The predicted molar refractivity (Wildman–Crippen MR) is 114 cm³/mol. The zero-order chi connectivity index (χ0) is 22.9. The van der Waals surface area contributed by atoms with Crippen LogP contribution in [0.5, 0.6) is 0 Å². The molecule has 0 aromatic carbocycles. The standard InChI is InChI=1S/C16H28ClN5O6P2/c1-10(2)14-19-13(17)12-16(20-14)22(15(18-12)11(3)4)6-5-21(9-30(26,27)28)7-8-29(23,24)25/h10-11H,5-9H2,1-4H3,(H2,23,24,25)(H2,26,27,28). The van der Waals surface area contributed by atoms with Crippen LogP contribution in [0.4, 0.5) is 0 Å². The highest BCUT2D eigenvalue weighted by Crippen LogP contribution is 2.37. The van der Waals surface area contributed by atoms with Gasteiger partial charge in [-0.1, -0.05) is 39.3 Å². The van der Waals surface area contributed by atoms with Crippen LogP contribution in [0.3, 0.4) is 0 Å². The third-order valence-corrected chi connectivity index (χ3v) is 6.18. The van der Waals surface area contributed by atoms with Gasteiger partial charge >= 0.3 is 15.2 Å². The molecule has 0 radical (unpaired) electrons. The number of imidazole rings is 1. The summed E-state index contributed by atoms with van der Waals surface area (Å²) in [5.41, 5.74) is 0.968. The maximum Gasteiger partial charge on any atom is 0.339 e. The van der Waals surface area contributed by atoms with E-state index in [-0.39, 0.29) is 36.6 Å². The highest BCUT2D eigenvalue weighted by molar-refractivity contribution is 7.52. The maximum absolute atomic E-state index is 11.5. The van der Waals surface area contributed by atoms with Crippen molar-refractivity contribution in [1.82, 2.24) is 24.4 Å². The Balaban J connectivity index is 2.40. The predicted octanol–water partition coefficient (Wildman–Crippen LogP) is 2.34. The second kappa shape index (κ2) is 9.71. The normalized spacial score (nSPS) is 13.3. The molecule has 2 rings (SSSR count). The van der Waals surface area contributed by atoms with Gasteiger partial charge in [-0.2, -0.15) is 0 Å². The van der Waals surface area contributed by atoms with Gasteiger partial charge in [0.25, 0.3) is 0 Å². The molecule has 14 heteroatoms. The van der Waals surface area contributed by atoms with Crippen molar-refractivity contribution in [3.8, 4) is 0 Å². The summed E-state index contributed by atoms with van der Waals surface area (Å²) in [5, 5.41) is 0.234. The third kappa shape index (κ3) is 7.07. The molecule has 0 aliphatic carbocycles. The van der Waals surface area contributed by atoms with Crippen molar-refractivity contribution >= 4 is 38.0 Å². The molecule has 0 unspecified atom stereocenters. The van der Waals surface area contributed by atoms with Crippen molar-refractivity contribution in [3.63, 3.8) is 0 Å². The molecular weight excluding hydrogens is 456 g/mol. The molecule has 0 aliphatic heterocycles. The number of halogens is 1. The summed E-state index contributed by atoms with van der Waals surface area (Å²) in [7, 11) is -8.73. The Kier molecular flexibility index (Phi) is 8.21. The molecule has 0 aliphatic rings. The molecule has 2 aromatic heterocycles. The van der Waals surface area contributed by atoms with Crippen LogP contribution in [-0.4, -0.2) is 69.5 Å². The number of hydrogen-bond acceptors (Lipinski definition) is 6. The smallest absolute Gasteiger partial charge is 0.324 e. The number of aromatic nitrogens is 4. The average Bonchev–Trinajstić information content (AvgIpc) is 2.95. The van der Waals surface area contributed by atoms with Crippen molar-refractivity contribution in [2.45, 2.75) is 46.1 Å². The minimum atomic E-state index is -4.42. The molecule has 0 saturated heterocycles. The molecule has 2 heterocycles. The quantitative estimate of drug-likeness (QED) is 0.291. The summed E-state index contributed by atoms with van der Waals surface area (Å²) in [6, 6.07) is 0. The number of nitrogens with zero attached hydrogens (tertiary/aromatic N) is 5. The van der Waals surface area contributed by atoms with Crippen LogP contribution < -0.4 is 0 Å². The van der Waals surface area contributed by atoms with Crippen LogP contribution in [0.1, 0.15) is 51.2 Å². The lowest BCUT2D eigenvalue weighted by molar-refractivity contribution is 0.270. The van der Waals surface area contributed by atoms with Crippen molar-refractivity contribution in [3.05, 3.63) is 16.8 Å². The van der Waals surface area contributed by atoms with Gasteiger partial charge in [-0.25, -0.2) is 15.0 Å². The second-order valence-corrected chi connectivity index (χ2v) is 11.5. The van der Waals surface area contributed by atoms with Gasteiger partial charge in [0.15, 0.2) is 10.8 Å². The molecule has 30 heavy (non-hydrogen) atoms. The second-order valence-electron chi connectivity index (χ2n) is 7.79. The van der Waals surface area contributed by atoms with Crippen molar-refractivity contribution < 1.29 is 28.7 Å². The lowest BCUT2D eigenvalue weighted by Gasteiger charge is -2.24. The first-order chi connectivity index (χ1) is 13.7. The van der Waals surface area contributed by atoms with Crippen LogP contribution in [0.2, 0.25) is 5.15 Å². The minimum absolute atomic E-state index is 0.0168. The van der Waals surface area contributed by atoms with E-state index >= 15 is 0 Å². The van der Waals surface area contributed by atoms with E-state index < -0.39 is 27.6 Å². The Labute approximate surface area is 179 Å². The Bertz CT molecular complexity index is 986. The van der Waals surface area contributed by atoms with Crippen LogP contribution >= 0.6 is 26.8 Å². The van der Waals surface area contributed by atoms with Crippen molar-refractivity contribution in [2.75, 3.05) is 25.5 Å². The summed E-state index contributed by atoms with van der Waals surface area (Å²) in [4.78, 5) is 51.7. The fraction of sp³-hybridized carbons (Fsp3) is 0.688. The summed E-state index contributed by atoms with van der Waals surface area (Å²) in [6.45, 7) is 8.00. The molecule has 2 aromatic rings. The molecule has 0 bridgehead atoms. The van der Waals surface area contributed by atoms with E-state index in [1.165, 1.54) is 4.90 Å². The molecule has 11 nitrogen and oxygen atoms in total. The lowest BCUT2D eigenvalue weighted by atomic mass is 10.2. The number of hydrogen-bond donors (Lipinski definition) is 4. The first kappa shape index (κ1) is 25.4. The highest BCUT2D eigenvalue weighted by atomic mass is 35.5. The molecule has 170 valence electrons. The zero-order valence-electron chi connectivity index (χ0n) is 17.3. The Morgan fingerprint density at radius 3 is 2.10 bits per heavy atom. The monoisotopic (exact) mass is 483 g/mol. The Morgan fingerprint density at radius 2 is 1.60 bits per heavy atom. The molecule has 0 spiro atoms. The van der Waals surface area contributed by atoms with E-state index in [9.17, 15) is 18.9 Å². The molecule has 0 fully saturated rings. The van der Waals surface area contributed by atoms with Gasteiger partial charge in [0.2, 0.25) is 0 Å². The van der Waals surface area contributed by atoms with E-state index in [0.29, 0.717) is 22.8 Å². The fourth-order valence-electron chi connectivity index (χ4n) is 2.95. The molecule has 4 N–H and O–H groups in total. The van der Waals surface area contributed by atoms with Crippen LogP contribution in [0.15, 0.2) is 0 Å². The summed E-state index contributed by atoms with van der Waals surface area (Å²) in [6.07, 6.45) is -1.11. The Morgan fingerprint density at radius 1 is 0.967 bits per heavy atom. The van der Waals surface area contributed by atoms with Crippen molar-refractivity contribution in [1.29, 1.82) is 0 Å². The molecular formula is C16H28ClN5O6P2. The molecule has 0 saturated carbocycles. The van der Waals surface area contributed by atoms with E-state index in [4.69, 9.17) is 21.4 Å². The van der Waals surface area contributed by atoms with Gasteiger partial charge in [0.1, 0.15) is 23.5 Å². The van der Waals surface area contributed by atoms with E-state index in [0.717, 1.165) is 0 Å². The van der Waals surface area contributed by atoms with Crippen molar-refractivity contribution in [2.24, 2.45) is 0 Å². The first-order valence-electron chi connectivity index (χ1n) is 9.43. The van der Waals surface area contributed by atoms with Gasteiger partial charge in [-0.05, 0) is 0 Å². The summed E-state index contributed by atoms with van der Waals surface area (Å²) >= 11 is 6.32. The van der Waals surface area contributed by atoms with Crippen LogP contribution in [-0.2, 0) is 15.7 Å². The highest BCUT2D eigenvalue weighted by Gasteiger charge is 2.24. The summed E-state index contributed by atoms with van der Waals surface area (Å²) < 4.78 is 24.5. The van der Waals surface area contributed by atoms with Gasteiger partial charge < -0.3 is 24.1 Å². The van der Waals surface area contributed by atoms with Gasteiger partial charge in [0, 0.05) is 31.5 Å². The largest absolute Gasteiger partial charge is 0.339 e. The van der Waals surface area contributed by atoms with Gasteiger partial charge in [0.05, 0.1) is 6.16 Å². The average molecular weight is 484 g/mol.